The van der Waals surface area contributed by atoms with E-state index in [1.54, 1.807) is 0 Å². The number of benzene rings is 3. The van der Waals surface area contributed by atoms with Gasteiger partial charge in [-0.2, -0.15) is 0 Å². The zero-order valence-electron chi connectivity index (χ0n) is 16.8. The lowest BCUT2D eigenvalue weighted by Crippen LogP contribution is -2.34. The van der Waals surface area contributed by atoms with Gasteiger partial charge in [-0.1, -0.05) is 82.3 Å². The van der Waals surface area contributed by atoms with Gasteiger partial charge in [0.1, 0.15) is 0 Å². The van der Waals surface area contributed by atoms with Crippen molar-refractivity contribution in [3.8, 4) is 11.1 Å². The number of hydrogen-bond donors (Lipinski definition) is 1. The summed E-state index contributed by atoms with van der Waals surface area (Å²) in [6.07, 6.45) is 2.46. The van der Waals surface area contributed by atoms with Crippen molar-refractivity contribution in [1.82, 2.24) is 0 Å². The highest BCUT2D eigenvalue weighted by molar-refractivity contribution is 5.71. The minimum Gasteiger partial charge on any atom is -0.355 e. The molecule has 0 atom stereocenters. The van der Waals surface area contributed by atoms with Gasteiger partial charge in [-0.15, -0.1) is 0 Å². The minimum atomic E-state index is 0.193. The summed E-state index contributed by atoms with van der Waals surface area (Å²) in [7, 11) is 0. The Morgan fingerprint density at radius 2 is 1.26 bits per heavy atom. The van der Waals surface area contributed by atoms with Gasteiger partial charge in [0.2, 0.25) is 0 Å². The molecule has 0 saturated heterocycles. The maximum Gasteiger partial charge on any atom is 0.0425 e. The quantitative estimate of drug-likeness (QED) is 0.514. The first-order chi connectivity index (χ1) is 12.9. The van der Waals surface area contributed by atoms with Gasteiger partial charge in [0, 0.05) is 11.4 Å². The molecule has 1 N–H and O–H groups in total. The monoisotopic (exact) mass is 355 g/mol. The molecule has 0 radical (unpaired) electrons. The number of fused-ring (bicyclic) bond motifs is 1. The highest BCUT2D eigenvalue weighted by Crippen LogP contribution is 2.48. The van der Waals surface area contributed by atoms with Gasteiger partial charge < -0.3 is 5.32 Å². The molecule has 0 heterocycles. The van der Waals surface area contributed by atoms with Crippen LogP contribution in [0.25, 0.3) is 11.1 Å². The highest BCUT2D eigenvalue weighted by atomic mass is 14.9. The first kappa shape index (κ1) is 17.9. The van der Waals surface area contributed by atoms with Crippen LogP contribution in [0.2, 0.25) is 0 Å². The zero-order valence-corrected chi connectivity index (χ0v) is 16.8. The number of hydrogen-bond acceptors (Lipinski definition) is 1. The van der Waals surface area contributed by atoms with Crippen molar-refractivity contribution in [2.75, 3.05) is 5.32 Å². The maximum atomic E-state index is 3.70. The van der Waals surface area contributed by atoms with E-state index in [0.29, 0.717) is 0 Å². The molecule has 4 rings (SSSR count). The lowest BCUT2D eigenvalue weighted by Gasteiger charge is -2.43. The SMILES string of the molecule is CC1(C)CCC(C)(C)c2c(Nc3ccc(-c4ccccc4)cc3)cccc21. The van der Waals surface area contributed by atoms with E-state index in [0.717, 1.165) is 5.69 Å². The van der Waals surface area contributed by atoms with E-state index in [-0.39, 0.29) is 10.8 Å². The van der Waals surface area contributed by atoms with Crippen molar-refractivity contribution in [1.29, 1.82) is 0 Å². The van der Waals surface area contributed by atoms with Gasteiger partial charge in [-0.25, -0.2) is 0 Å². The lowest BCUT2D eigenvalue weighted by atomic mass is 9.62. The number of rotatable bonds is 3. The molecule has 3 aromatic rings. The van der Waals surface area contributed by atoms with Crippen LogP contribution in [0.1, 0.15) is 51.7 Å². The summed E-state index contributed by atoms with van der Waals surface area (Å²) in [5, 5.41) is 3.70. The predicted octanol–water partition coefficient (Wildman–Crippen LogP) is 7.45. The summed E-state index contributed by atoms with van der Waals surface area (Å²) >= 11 is 0. The zero-order chi connectivity index (χ0) is 19.1. The highest BCUT2D eigenvalue weighted by Gasteiger charge is 2.38. The van der Waals surface area contributed by atoms with E-state index in [4.69, 9.17) is 0 Å². The molecule has 138 valence electrons. The molecule has 1 heteroatoms. The average molecular weight is 356 g/mol. The maximum absolute atomic E-state index is 3.70. The Labute approximate surface area is 163 Å². The van der Waals surface area contributed by atoms with Crippen LogP contribution in [0, 0.1) is 0 Å². The summed E-state index contributed by atoms with van der Waals surface area (Å²) in [5.74, 6) is 0. The van der Waals surface area contributed by atoms with Crippen LogP contribution in [-0.2, 0) is 10.8 Å². The fraction of sp³-hybridized carbons (Fsp3) is 0.308. The molecule has 0 saturated carbocycles. The van der Waals surface area contributed by atoms with Gasteiger partial charge in [0.05, 0.1) is 0 Å². The Hall–Kier alpha value is -2.54. The van der Waals surface area contributed by atoms with Crippen LogP contribution in [-0.4, -0.2) is 0 Å². The minimum absolute atomic E-state index is 0.193. The van der Waals surface area contributed by atoms with Gasteiger partial charge in [-0.05, 0) is 64.1 Å². The van der Waals surface area contributed by atoms with E-state index < -0.39 is 0 Å². The third kappa shape index (κ3) is 3.39. The third-order valence-electron chi connectivity index (χ3n) is 6.12. The van der Waals surface area contributed by atoms with Crippen molar-refractivity contribution in [2.24, 2.45) is 0 Å². The van der Waals surface area contributed by atoms with Crippen molar-refractivity contribution in [2.45, 2.75) is 51.4 Å². The topological polar surface area (TPSA) is 12.0 Å². The molecule has 0 unspecified atom stereocenters. The second-order valence-electron chi connectivity index (χ2n) is 9.06. The van der Waals surface area contributed by atoms with Crippen LogP contribution in [0.3, 0.4) is 0 Å². The van der Waals surface area contributed by atoms with Crippen LogP contribution in [0.15, 0.2) is 72.8 Å². The van der Waals surface area contributed by atoms with Gasteiger partial charge in [0.25, 0.3) is 0 Å². The molecule has 1 aliphatic carbocycles. The summed E-state index contributed by atoms with van der Waals surface area (Å²) in [6.45, 7) is 9.51. The smallest absolute Gasteiger partial charge is 0.0425 e. The summed E-state index contributed by atoms with van der Waals surface area (Å²) in [6, 6.07) is 26.0. The van der Waals surface area contributed by atoms with Crippen molar-refractivity contribution in [3.05, 3.63) is 83.9 Å². The Morgan fingerprint density at radius 1 is 0.630 bits per heavy atom. The van der Waals surface area contributed by atoms with Crippen LogP contribution >= 0.6 is 0 Å². The molecule has 27 heavy (non-hydrogen) atoms. The first-order valence-electron chi connectivity index (χ1n) is 9.93. The van der Waals surface area contributed by atoms with E-state index in [2.05, 4.69) is 106 Å². The molecule has 1 aliphatic rings. The average Bonchev–Trinajstić information content (AvgIpc) is 2.67. The normalized spacial score (nSPS) is 17.2. The van der Waals surface area contributed by atoms with Crippen LogP contribution in [0.4, 0.5) is 11.4 Å². The molecule has 1 nitrogen and oxygen atoms in total. The van der Waals surface area contributed by atoms with Gasteiger partial charge in [-0.3, -0.25) is 0 Å². The largest absolute Gasteiger partial charge is 0.355 e. The van der Waals surface area contributed by atoms with E-state index in [9.17, 15) is 0 Å². The third-order valence-corrected chi connectivity index (χ3v) is 6.12. The predicted molar refractivity (Wildman–Crippen MR) is 117 cm³/mol. The molecule has 0 amide bonds. The van der Waals surface area contributed by atoms with Gasteiger partial charge in [0.15, 0.2) is 0 Å². The summed E-state index contributed by atoms with van der Waals surface area (Å²) in [5.41, 5.74) is 8.29. The second-order valence-corrected chi connectivity index (χ2v) is 9.06. The second kappa shape index (κ2) is 6.56. The Bertz CT molecular complexity index is 934. The fourth-order valence-electron chi connectivity index (χ4n) is 4.37. The van der Waals surface area contributed by atoms with Crippen molar-refractivity contribution >= 4 is 11.4 Å². The molecule has 3 aromatic carbocycles. The first-order valence-corrected chi connectivity index (χ1v) is 9.93. The Kier molecular flexibility index (Phi) is 4.34. The van der Waals surface area contributed by atoms with E-state index in [1.165, 1.54) is 40.8 Å². The standard InChI is InChI=1S/C26H29N/c1-25(2)17-18-26(3,4)24-22(25)11-8-12-23(24)27-21-15-13-20(14-16-21)19-9-6-5-7-10-19/h5-16,27H,17-18H2,1-4H3. The molecular formula is C26H29N. The van der Waals surface area contributed by atoms with Crippen molar-refractivity contribution in [3.63, 3.8) is 0 Å². The summed E-state index contributed by atoms with van der Waals surface area (Å²) in [4.78, 5) is 0. The lowest BCUT2D eigenvalue weighted by molar-refractivity contribution is 0.333. The van der Waals surface area contributed by atoms with Crippen LogP contribution in [0.5, 0.6) is 0 Å². The molecule has 0 bridgehead atoms. The van der Waals surface area contributed by atoms with E-state index >= 15 is 0 Å². The van der Waals surface area contributed by atoms with Crippen molar-refractivity contribution < 1.29 is 0 Å². The Balaban J connectivity index is 1.68. The molecule has 0 fully saturated rings. The molecule has 0 spiro atoms. The van der Waals surface area contributed by atoms with Crippen LogP contribution < -0.4 is 5.32 Å². The molecule has 0 aliphatic heterocycles. The molecular weight excluding hydrogens is 326 g/mol. The molecule has 0 aromatic heterocycles. The van der Waals surface area contributed by atoms with E-state index in [1.807, 2.05) is 0 Å². The Morgan fingerprint density at radius 3 is 1.96 bits per heavy atom. The number of anilines is 2. The number of nitrogens with one attached hydrogen (secondary N) is 1. The fourth-order valence-corrected chi connectivity index (χ4v) is 4.37. The summed E-state index contributed by atoms with van der Waals surface area (Å²) < 4.78 is 0. The van der Waals surface area contributed by atoms with Gasteiger partial charge >= 0.3 is 0 Å².